The number of aromatic nitrogens is 3. The monoisotopic (exact) mass is 829 g/mol. The number of carbonyl (C=O) groups is 4. The van der Waals surface area contributed by atoms with Crippen LogP contribution in [0.3, 0.4) is 0 Å². The standard InChI is InChI=1S/C41H47N7O8S2/c1-6-25-21-41(25,38(51)47-58(53,54)32-18-17-24(2)22-42-32)46-35(49)30-20-27(55-36-33(31-16-11-19-57-31)43-28-14-9-10-15-29(28)44-36)23-48(30)37(50)34(40(3,4)5)45-39(52)56-26-12-7-8-13-26/h6,9-11,14-19,22,25-27,30,34H,1,7-8,12-13,20-21,23H2,2-5H3,(H,45,52)(H,46,49)(H,47,51)/t25-,27-,30+,34-,41?/m1/s1. The third kappa shape index (κ3) is 8.55. The van der Waals surface area contributed by atoms with Gasteiger partial charge in [-0.3, -0.25) is 14.4 Å². The maximum Gasteiger partial charge on any atom is 0.408 e. The number of benzene rings is 1. The van der Waals surface area contributed by atoms with Gasteiger partial charge in [-0.2, -0.15) is 8.42 Å². The molecule has 5 atom stereocenters. The number of aryl methyl sites for hydroxylation is 1. The Morgan fingerprint density at radius 1 is 1.02 bits per heavy atom. The van der Waals surface area contributed by atoms with E-state index in [9.17, 15) is 27.6 Å². The summed E-state index contributed by atoms with van der Waals surface area (Å²) in [4.78, 5) is 72.0. The minimum atomic E-state index is -4.40. The fourth-order valence-corrected chi connectivity index (χ4v) is 9.19. The summed E-state index contributed by atoms with van der Waals surface area (Å²) in [6.07, 6.45) is 4.50. The van der Waals surface area contributed by atoms with Crippen LogP contribution in [-0.2, 0) is 29.1 Å². The molecule has 3 fully saturated rings. The van der Waals surface area contributed by atoms with Gasteiger partial charge in [0.15, 0.2) is 5.03 Å². The van der Waals surface area contributed by atoms with Crippen molar-refractivity contribution in [3.8, 4) is 16.5 Å². The molecule has 17 heteroatoms. The van der Waals surface area contributed by atoms with E-state index >= 15 is 0 Å². The van der Waals surface area contributed by atoms with Gasteiger partial charge in [-0.15, -0.1) is 17.9 Å². The van der Waals surface area contributed by atoms with Crippen LogP contribution in [0.5, 0.6) is 5.88 Å². The van der Waals surface area contributed by atoms with Crippen molar-refractivity contribution >= 4 is 56.2 Å². The average molecular weight is 830 g/mol. The highest BCUT2D eigenvalue weighted by Crippen LogP contribution is 2.45. The van der Waals surface area contributed by atoms with E-state index < -0.39 is 68.9 Å². The lowest BCUT2D eigenvalue weighted by Crippen LogP contribution is -2.60. The van der Waals surface area contributed by atoms with E-state index in [1.54, 1.807) is 33.8 Å². The first-order valence-electron chi connectivity index (χ1n) is 19.3. The van der Waals surface area contributed by atoms with Gasteiger partial charge in [-0.25, -0.2) is 24.5 Å². The first-order chi connectivity index (χ1) is 27.6. The number of alkyl carbamates (subject to hydrolysis) is 1. The molecule has 2 aliphatic carbocycles. The number of amides is 4. The summed E-state index contributed by atoms with van der Waals surface area (Å²) in [6.45, 7) is 10.8. The number of sulfonamides is 1. The van der Waals surface area contributed by atoms with E-state index in [0.717, 1.165) is 36.1 Å². The number of nitrogens with one attached hydrogen (secondary N) is 3. The zero-order valence-electron chi connectivity index (χ0n) is 32.8. The Balaban J connectivity index is 1.19. The number of nitrogens with zero attached hydrogens (tertiary/aromatic N) is 4. The number of hydrogen-bond acceptors (Lipinski definition) is 12. The summed E-state index contributed by atoms with van der Waals surface area (Å²) in [7, 11) is -4.40. The predicted molar refractivity (Wildman–Crippen MR) is 216 cm³/mol. The van der Waals surface area contributed by atoms with Crippen LogP contribution in [0.4, 0.5) is 4.79 Å². The molecule has 15 nitrogen and oxygen atoms in total. The molecule has 1 saturated heterocycles. The Morgan fingerprint density at radius 3 is 2.36 bits per heavy atom. The molecule has 4 aromatic rings. The van der Waals surface area contributed by atoms with Crippen LogP contribution < -0.4 is 20.1 Å². The molecule has 0 radical (unpaired) electrons. The molecule has 3 N–H and O–H groups in total. The number of para-hydroxylation sites is 2. The maximum absolute atomic E-state index is 14.7. The van der Waals surface area contributed by atoms with E-state index in [1.807, 2.05) is 41.8 Å². The zero-order valence-corrected chi connectivity index (χ0v) is 34.4. The van der Waals surface area contributed by atoms with E-state index in [2.05, 4.69) is 26.9 Å². The second kappa shape index (κ2) is 16.1. The van der Waals surface area contributed by atoms with Crippen LogP contribution in [0.2, 0.25) is 0 Å². The number of likely N-dealkylation sites (tertiary alicyclic amines) is 1. The van der Waals surface area contributed by atoms with Gasteiger partial charge in [0.2, 0.25) is 17.7 Å². The SMILES string of the molecule is C=C[C@@H]1CC1(NC(=O)[C@@H]1C[C@@H](Oc2nc3ccccc3nc2-c2cccs2)CN1C(=O)[C@@H](NC(=O)OC1CCCC1)C(C)(C)C)C(=O)NS(=O)(=O)c1ccc(C)cn1. The minimum absolute atomic E-state index is 0.0264. The zero-order chi connectivity index (χ0) is 41.4. The number of rotatable bonds is 12. The maximum atomic E-state index is 14.7. The largest absolute Gasteiger partial charge is 0.471 e. The quantitative estimate of drug-likeness (QED) is 0.161. The normalized spacial score (nSPS) is 22.6. The summed E-state index contributed by atoms with van der Waals surface area (Å²) in [6, 6.07) is 11.6. The summed E-state index contributed by atoms with van der Waals surface area (Å²) in [5.74, 6) is -2.63. The van der Waals surface area contributed by atoms with Gasteiger partial charge in [0.1, 0.15) is 35.5 Å². The van der Waals surface area contributed by atoms with Crippen LogP contribution >= 0.6 is 11.3 Å². The fraction of sp³-hybridized carbons (Fsp3) is 0.439. The van der Waals surface area contributed by atoms with Gasteiger partial charge < -0.3 is 25.0 Å². The molecule has 1 aromatic carbocycles. The molecule has 1 unspecified atom stereocenters. The van der Waals surface area contributed by atoms with Gasteiger partial charge in [0.25, 0.3) is 15.9 Å². The van der Waals surface area contributed by atoms with Gasteiger partial charge in [0, 0.05) is 18.5 Å². The first-order valence-corrected chi connectivity index (χ1v) is 21.6. The number of thiophene rings is 1. The molecular formula is C41H47N7O8S2. The van der Waals surface area contributed by atoms with Crippen molar-refractivity contribution in [3.63, 3.8) is 0 Å². The first kappa shape index (κ1) is 40.8. The molecule has 1 aliphatic heterocycles. The lowest BCUT2D eigenvalue weighted by Gasteiger charge is -2.35. The number of carbonyl (C=O) groups excluding carboxylic acids is 4. The molecule has 7 rings (SSSR count). The lowest BCUT2D eigenvalue weighted by atomic mass is 9.85. The van der Waals surface area contributed by atoms with Gasteiger partial charge in [-0.05, 0) is 79.7 Å². The number of fused-ring (bicyclic) bond motifs is 1. The number of pyridine rings is 1. The molecule has 2 saturated carbocycles. The van der Waals surface area contributed by atoms with Crippen molar-refractivity contribution in [3.05, 3.63) is 78.3 Å². The molecular weight excluding hydrogens is 783 g/mol. The summed E-state index contributed by atoms with van der Waals surface area (Å²) >= 11 is 1.46. The topological polar surface area (TPSA) is 199 Å². The van der Waals surface area contributed by atoms with Crippen LogP contribution in [-0.4, -0.2) is 88.5 Å². The van der Waals surface area contributed by atoms with Gasteiger partial charge in [-0.1, -0.05) is 51.1 Å². The smallest absolute Gasteiger partial charge is 0.408 e. The highest BCUT2D eigenvalue weighted by atomic mass is 32.2. The van der Waals surface area contributed by atoms with Crippen LogP contribution in [0.25, 0.3) is 21.6 Å². The molecule has 3 aromatic heterocycles. The van der Waals surface area contributed by atoms with Crippen LogP contribution in [0.1, 0.15) is 64.9 Å². The van der Waals surface area contributed by atoms with E-state index in [-0.39, 0.29) is 36.4 Å². The van der Waals surface area contributed by atoms with Gasteiger partial charge >= 0.3 is 6.09 Å². The molecule has 0 bridgehead atoms. The van der Waals surface area contributed by atoms with Crippen LogP contribution in [0, 0.1) is 18.3 Å². The predicted octanol–water partition coefficient (Wildman–Crippen LogP) is 5.06. The fourth-order valence-electron chi connectivity index (χ4n) is 7.51. The van der Waals surface area contributed by atoms with Crippen molar-refractivity contribution in [1.82, 2.24) is 35.2 Å². The van der Waals surface area contributed by atoms with Crippen molar-refractivity contribution in [1.29, 1.82) is 0 Å². The Morgan fingerprint density at radius 2 is 1.74 bits per heavy atom. The van der Waals surface area contributed by atoms with E-state index in [4.69, 9.17) is 19.4 Å². The van der Waals surface area contributed by atoms with Crippen molar-refractivity contribution < 1.29 is 37.1 Å². The Hall–Kier alpha value is -5.42. The molecule has 4 amide bonds. The number of ether oxygens (including phenoxy) is 2. The number of hydrogen-bond donors (Lipinski definition) is 3. The van der Waals surface area contributed by atoms with E-state index in [1.165, 1.54) is 34.6 Å². The molecule has 58 heavy (non-hydrogen) atoms. The summed E-state index contributed by atoms with van der Waals surface area (Å²) < 4.78 is 40.8. The van der Waals surface area contributed by atoms with Crippen LogP contribution in [0.15, 0.2) is 77.8 Å². The van der Waals surface area contributed by atoms with Gasteiger partial charge in [0.05, 0.1) is 22.5 Å². The Kier molecular flexibility index (Phi) is 11.3. The van der Waals surface area contributed by atoms with E-state index in [0.29, 0.717) is 16.7 Å². The van der Waals surface area contributed by atoms with Crippen molar-refractivity contribution in [2.45, 2.75) is 101 Å². The lowest BCUT2D eigenvalue weighted by molar-refractivity contribution is -0.143. The summed E-state index contributed by atoms with van der Waals surface area (Å²) in [5.41, 5.74) is -0.0316. The molecule has 0 spiro atoms. The van der Waals surface area contributed by atoms with Crippen molar-refractivity contribution in [2.75, 3.05) is 6.54 Å². The molecule has 306 valence electrons. The Labute approximate surface area is 341 Å². The average Bonchev–Trinajstić information content (AvgIpc) is 3.66. The second-order valence-electron chi connectivity index (χ2n) is 16.2. The third-order valence-corrected chi connectivity index (χ3v) is 12.9. The van der Waals surface area contributed by atoms with Crippen molar-refractivity contribution in [2.24, 2.45) is 11.3 Å². The second-order valence-corrected chi connectivity index (χ2v) is 18.8. The Bertz CT molecular complexity index is 2330. The third-order valence-electron chi connectivity index (χ3n) is 10.8. The molecule has 3 aliphatic rings. The molecule has 4 heterocycles. The highest BCUT2D eigenvalue weighted by molar-refractivity contribution is 7.90. The highest BCUT2D eigenvalue weighted by Gasteiger charge is 2.61. The summed E-state index contributed by atoms with van der Waals surface area (Å²) in [5, 5.41) is 7.12. The minimum Gasteiger partial charge on any atom is -0.471 e.